The second-order valence-electron chi connectivity index (χ2n) is 8.29. The van der Waals surface area contributed by atoms with Crippen LogP contribution in [0.5, 0.6) is 5.75 Å². The lowest BCUT2D eigenvalue weighted by Crippen LogP contribution is -2.51. The fraction of sp³-hybridized carbons (Fsp3) is 0.269. The summed E-state index contributed by atoms with van der Waals surface area (Å²) in [6.45, 7) is 5.46. The quantitative estimate of drug-likeness (QED) is 0.359. The van der Waals surface area contributed by atoms with Crippen molar-refractivity contribution in [2.45, 2.75) is 44.8 Å². The van der Waals surface area contributed by atoms with Gasteiger partial charge in [-0.2, -0.15) is 0 Å². The summed E-state index contributed by atoms with van der Waals surface area (Å²) in [6.07, 6.45) is 0.728. The summed E-state index contributed by atoms with van der Waals surface area (Å²) in [4.78, 5) is 13.2. The Morgan fingerprint density at radius 3 is 2.06 bits per heavy atom. The Balaban J connectivity index is 1.79. The molecule has 0 fully saturated rings. The molecule has 2 unspecified atom stereocenters. The highest BCUT2D eigenvalue weighted by Gasteiger charge is 2.33. The topological polar surface area (TPSA) is 38.3 Å². The van der Waals surface area contributed by atoms with Gasteiger partial charge in [0, 0.05) is 22.0 Å². The number of hydrogen-bond acceptors (Lipinski definition) is 2. The zero-order chi connectivity index (χ0) is 23.3. The van der Waals surface area contributed by atoms with E-state index in [4.69, 9.17) is 39.5 Å². The minimum atomic E-state index is -1.11. The van der Waals surface area contributed by atoms with Gasteiger partial charge in [-0.3, -0.25) is 4.79 Å². The molecule has 3 nitrogen and oxygen atoms in total. The normalized spacial score (nSPS) is 13.3. The van der Waals surface area contributed by atoms with Crippen LogP contribution in [0.1, 0.15) is 37.8 Å². The van der Waals surface area contributed by atoms with Crippen molar-refractivity contribution in [1.29, 1.82) is 0 Å². The molecule has 3 rings (SSSR count). The number of ether oxygens (including phenoxy) is 1. The fourth-order valence-corrected chi connectivity index (χ4v) is 3.92. The van der Waals surface area contributed by atoms with Gasteiger partial charge in [-0.25, -0.2) is 0 Å². The van der Waals surface area contributed by atoms with Crippen molar-refractivity contribution < 1.29 is 9.53 Å². The number of hydrogen-bond donors (Lipinski definition) is 1. The first-order chi connectivity index (χ1) is 15.2. The second-order valence-corrected chi connectivity index (χ2v) is 9.57. The Hall–Kier alpha value is -2.20. The third kappa shape index (κ3) is 6.41. The van der Waals surface area contributed by atoms with Crippen molar-refractivity contribution in [3.8, 4) is 5.75 Å². The van der Waals surface area contributed by atoms with Crippen LogP contribution in [0.15, 0.2) is 72.8 Å². The SMILES string of the molecule is CC(NC(=O)C(C)(C)Oc1ccccc1Cl)C(Cc1ccc(Cl)cc1)c1ccc(Cl)cc1. The summed E-state index contributed by atoms with van der Waals surface area (Å²) >= 11 is 18.4. The minimum Gasteiger partial charge on any atom is -0.476 e. The van der Waals surface area contributed by atoms with Crippen LogP contribution < -0.4 is 10.1 Å². The van der Waals surface area contributed by atoms with Gasteiger partial charge in [-0.05, 0) is 74.7 Å². The average Bonchev–Trinajstić information content (AvgIpc) is 2.75. The molecule has 0 aromatic heterocycles. The standard InChI is InChI=1S/C26H26Cl3NO2/c1-17(30-25(31)26(2,3)32-24-7-5-4-6-23(24)29)22(19-10-14-21(28)15-11-19)16-18-8-12-20(27)13-9-18/h4-15,17,22H,16H2,1-3H3,(H,30,31). The number of carbonyl (C=O) groups excluding carboxylic acids is 1. The molecule has 32 heavy (non-hydrogen) atoms. The Morgan fingerprint density at radius 2 is 1.47 bits per heavy atom. The number of nitrogens with one attached hydrogen (secondary N) is 1. The molecule has 6 heteroatoms. The van der Waals surface area contributed by atoms with E-state index in [0.717, 1.165) is 17.5 Å². The summed E-state index contributed by atoms with van der Waals surface area (Å²) in [6, 6.07) is 22.4. The third-order valence-corrected chi connectivity index (χ3v) is 6.19. The highest BCUT2D eigenvalue weighted by molar-refractivity contribution is 6.32. The van der Waals surface area contributed by atoms with Crippen LogP contribution in [0.25, 0.3) is 0 Å². The van der Waals surface area contributed by atoms with Gasteiger partial charge < -0.3 is 10.1 Å². The molecule has 2 atom stereocenters. The maximum absolute atomic E-state index is 13.2. The van der Waals surface area contributed by atoms with Crippen molar-refractivity contribution in [3.63, 3.8) is 0 Å². The van der Waals surface area contributed by atoms with E-state index in [2.05, 4.69) is 5.32 Å². The monoisotopic (exact) mass is 489 g/mol. The maximum Gasteiger partial charge on any atom is 0.263 e. The van der Waals surface area contributed by atoms with Gasteiger partial charge in [0.15, 0.2) is 5.60 Å². The Labute approximate surface area is 204 Å². The predicted molar refractivity (Wildman–Crippen MR) is 133 cm³/mol. The highest BCUT2D eigenvalue weighted by Crippen LogP contribution is 2.29. The molecule has 0 aliphatic rings. The van der Waals surface area contributed by atoms with Crippen LogP contribution in [-0.4, -0.2) is 17.6 Å². The summed E-state index contributed by atoms with van der Waals surface area (Å²) in [5.41, 5.74) is 1.10. The second kappa shape index (κ2) is 10.6. The number of para-hydroxylation sites is 1. The first-order valence-electron chi connectivity index (χ1n) is 10.4. The number of benzene rings is 3. The van der Waals surface area contributed by atoms with Gasteiger partial charge in [0.1, 0.15) is 5.75 Å². The lowest BCUT2D eigenvalue weighted by atomic mass is 9.86. The Bertz CT molecular complexity index is 1050. The lowest BCUT2D eigenvalue weighted by Gasteiger charge is -2.31. The molecule has 0 aliphatic heterocycles. The Morgan fingerprint density at radius 1 is 0.906 bits per heavy atom. The molecule has 1 amide bonds. The largest absolute Gasteiger partial charge is 0.476 e. The first-order valence-corrected chi connectivity index (χ1v) is 11.5. The summed E-state index contributed by atoms with van der Waals surface area (Å²) < 4.78 is 5.95. The van der Waals surface area contributed by atoms with Crippen LogP contribution >= 0.6 is 34.8 Å². The molecule has 0 radical (unpaired) electrons. The molecular formula is C26H26Cl3NO2. The van der Waals surface area contributed by atoms with Gasteiger partial charge >= 0.3 is 0 Å². The summed E-state index contributed by atoms with van der Waals surface area (Å²) in [7, 11) is 0. The van der Waals surface area contributed by atoms with Crippen molar-refractivity contribution in [3.05, 3.63) is 99.0 Å². The zero-order valence-corrected chi connectivity index (χ0v) is 20.5. The van der Waals surface area contributed by atoms with E-state index in [9.17, 15) is 4.79 Å². The van der Waals surface area contributed by atoms with Crippen LogP contribution in [0, 0.1) is 0 Å². The number of carbonyl (C=O) groups is 1. The number of halogens is 3. The molecule has 0 saturated heterocycles. The number of amides is 1. The molecule has 0 saturated carbocycles. The van der Waals surface area contributed by atoms with Crippen LogP contribution in [-0.2, 0) is 11.2 Å². The molecule has 3 aromatic carbocycles. The molecule has 0 aliphatic carbocycles. The van der Waals surface area contributed by atoms with Gasteiger partial charge in [-0.1, -0.05) is 71.2 Å². The van der Waals surface area contributed by atoms with E-state index in [-0.39, 0.29) is 17.9 Å². The van der Waals surface area contributed by atoms with E-state index >= 15 is 0 Å². The third-order valence-electron chi connectivity index (χ3n) is 5.38. The van der Waals surface area contributed by atoms with E-state index < -0.39 is 5.60 Å². The van der Waals surface area contributed by atoms with Crippen molar-refractivity contribution in [1.82, 2.24) is 5.32 Å². The highest BCUT2D eigenvalue weighted by atomic mass is 35.5. The molecule has 0 heterocycles. The summed E-state index contributed by atoms with van der Waals surface area (Å²) in [5, 5.41) is 4.96. The Kier molecular flexibility index (Phi) is 8.10. The van der Waals surface area contributed by atoms with Crippen molar-refractivity contribution in [2.24, 2.45) is 0 Å². The van der Waals surface area contributed by atoms with E-state index in [1.165, 1.54) is 0 Å². The molecule has 3 aromatic rings. The molecular weight excluding hydrogens is 465 g/mol. The fourth-order valence-electron chi connectivity index (χ4n) is 3.50. The lowest BCUT2D eigenvalue weighted by molar-refractivity contribution is -0.135. The van der Waals surface area contributed by atoms with Crippen LogP contribution in [0.2, 0.25) is 15.1 Å². The van der Waals surface area contributed by atoms with Gasteiger partial charge in [0.2, 0.25) is 0 Å². The predicted octanol–water partition coefficient (Wildman–Crippen LogP) is 7.34. The van der Waals surface area contributed by atoms with Crippen LogP contribution in [0.3, 0.4) is 0 Å². The summed E-state index contributed by atoms with van der Waals surface area (Å²) in [5.74, 6) is 0.269. The van der Waals surface area contributed by atoms with E-state index in [1.54, 1.807) is 26.0 Å². The molecule has 0 spiro atoms. The van der Waals surface area contributed by atoms with Gasteiger partial charge in [0.25, 0.3) is 5.91 Å². The van der Waals surface area contributed by atoms with Crippen molar-refractivity contribution in [2.75, 3.05) is 0 Å². The minimum absolute atomic E-state index is 0.0218. The maximum atomic E-state index is 13.2. The van der Waals surface area contributed by atoms with Crippen molar-refractivity contribution >= 4 is 40.7 Å². The molecule has 168 valence electrons. The van der Waals surface area contributed by atoms with E-state index in [1.807, 2.05) is 67.6 Å². The molecule has 1 N–H and O–H groups in total. The zero-order valence-electron chi connectivity index (χ0n) is 18.2. The number of rotatable bonds is 8. The van der Waals surface area contributed by atoms with Gasteiger partial charge in [-0.15, -0.1) is 0 Å². The van der Waals surface area contributed by atoms with E-state index in [0.29, 0.717) is 20.8 Å². The smallest absolute Gasteiger partial charge is 0.263 e. The molecule has 0 bridgehead atoms. The van der Waals surface area contributed by atoms with Crippen LogP contribution in [0.4, 0.5) is 0 Å². The average molecular weight is 491 g/mol. The van der Waals surface area contributed by atoms with Gasteiger partial charge in [0.05, 0.1) is 5.02 Å². The first kappa shape index (κ1) is 24.4.